The van der Waals surface area contributed by atoms with Crippen molar-refractivity contribution in [3.05, 3.63) is 54.0 Å². The minimum Gasteiger partial charge on any atom is -0.360 e. The van der Waals surface area contributed by atoms with E-state index in [1.54, 1.807) is 6.20 Å². The van der Waals surface area contributed by atoms with E-state index in [4.69, 9.17) is 0 Å². The molecule has 0 bridgehead atoms. The summed E-state index contributed by atoms with van der Waals surface area (Å²) in [6.07, 6.45) is 8.68. The summed E-state index contributed by atoms with van der Waals surface area (Å²) in [6.45, 7) is 3.67. The number of aromatic amines is 1. The van der Waals surface area contributed by atoms with E-state index in [1.165, 1.54) is 5.56 Å². The van der Waals surface area contributed by atoms with Crippen molar-refractivity contribution in [3.63, 3.8) is 0 Å². The molecule has 4 rings (SSSR count). The van der Waals surface area contributed by atoms with E-state index < -0.39 is 0 Å². The second-order valence-electron chi connectivity index (χ2n) is 6.43. The quantitative estimate of drug-likeness (QED) is 0.803. The molecule has 1 atom stereocenters. The fourth-order valence-electron chi connectivity index (χ4n) is 3.71. The Hall–Kier alpha value is -2.56. The van der Waals surface area contributed by atoms with Gasteiger partial charge in [-0.3, -0.25) is 9.48 Å². The molecule has 0 saturated carbocycles. The number of carbonyl (C=O) groups excluding carboxylic acids is 1. The van der Waals surface area contributed by atoms with Crippen LogP contribution in [0.4, 0.5) is 0 Å². The number of piperidine rings is 1. The fraction of sp³-hybridized carbons (Fsp3) is 0.368. The van der Waals surface area contributed by atoms with Crippen LogP contribution in [-0.2, 0) is 6.42 Å². The average molecular weight is 322 g/mol. The molecule has 1 N–H and O–H groups in total. The van der Waals surface area contributed by atoms with Crippen LogP contribution in [0.25, 0.3) is 10.9 Å². The van der Waals surface area contributed by atoms with Crippen molar-refractivity contribution in [3.8, 4) is 0 Å². The molecule has 0 aliphatic carbocycles. The molecule has 24 heavy (non-hydrogen) atoms. The Morgan fingerprint density at radius 2 is 2.29 bits per heavy atom. The molecule has 5 nitrogen and oxygen atoms in total. The van der Waals surface area contributed by atoms with Crippen molar-refractivity contribution in [1.29, 1.82) is 0 Å². The summed E-state index contributed by atoms with van der Waals surface area (Å²) < 4.78 is 1.98. The van der Waals surface area contributed by atoms with Gasteiger partial charge in [-0.1, -0.05) is 25.1 Å². The smallest absolute Gasteiger partial charge is 0.256 e. The predicted molar refractivity (Wildman–Crippen MR) is 94.1 cm³/mol. The monoisotopic (exact) mass is 322 g/mol. The molecule has 1 unspecified atom stereocenters. The highest BCUT2D eigenvalue weighted by Crippen LogP contribution is 2.26. The molecule has 1 aliphatic heterocycles. The Kier molecular flexibility index (Phi) is 3.84. The molecule has 3 heterocycles. The Bertz CT molecular complexity index is 850. The molecule has 1 fully saturated rings. The lowest BCUT2D eigenvalue weighted by atomic mass is 10.0. The first kappa shape index (κ1) is 15.0. The number of benzene rings is 1. The minimum absolute atomic E-state index is 0.117. The van der Waals surface area contributed by atoms with Gasteiger partial charge in [0, 0.05) is 42.6 Å². The second kappa shape index (κ2) is 6.15. The summed E-state index contributed by atoms with van der Waals surface area (Å²) >= 11 is 0. The van der Waals surface area contributed by atoms with E-state index in [0.717, 1.165) is 48.8 Å². The summed E-state index contributed by atoms with van der Waals surface area (Å²) in [7, 11) is 0. The van der Waals surface area contributed by atoms with Crippen LogP contribution in [0.15, 0.2) is 42.9 Å². The number of H-pyrrole nitrogens is 1. The van der Waals surface area contributed by atoms with Gasteiger partial charge in [-0.05, 0) is 30.9 Å². The van der Waals surface area contributed by atoms with Crippen LogP contribution in [0, 0.1) is 0 Å². The van der Waals surface area contributed by atoms with Crippen LogP contribution < -0.4 is 0 Å². The highest BCUT2D eigenvalue weighted by Gasteiger charge is 2.27. The summed E-state index contributed by atoms with van der Waals surface area (Å²) in [6, 6.07) is 8.39. The predicted octanol–water partition coefficient (Wildman–Crippen LogP) is 3.40. The minimum atomic E-state index is 0.117. The number of carbonyl (C=O) groups is 1. The number of aromatic nitrogens is 3. The number of nitrogens with one attached hydrogen (secondary N) is 1. The van der Waals surface area contributed by atoms with Gasteiger partial charge in [-0.2, -0.15) is 5.10 Å². The van der Waals surface area contributed by atoms with Crippen molar-refractivity contribution in [2.45, 2.75) is 32.2 Å². The zero-order valence-electron chi connectivity index (χ0n) is 13.9. The van der Waals surface area contributed by atoms with E-state index in [-0.39, 0.29) is 11.9 Å². The van der Waals surface area contributed by atoms with Crippen LogP contribution in [0.1, 0.15) is 41.7 Å². The Morgan fingerprint density at radius 3 is 3.08 bits per heavy atom. The highest BCUT2D eigenvalue weighted by atomic mass is 16.2. The molecule has 5 heteroatoms. The first-order valence-corrected chi connectivity index (χ1v) is 8.65. The van der Waals surface area contributed by atoms with Crippen LogP contribution in [0.3, 0.4) is 0 Å². The standard InChI is InChI=1S/C19H22N4O/c1-2-14-6-3-8-16-17(12-20-18(14)16)19(24)22-10-4-7-15(13-22)23-11-5-9-21-23/h3,5-6,8-9,11-12,15,20H,2,4,7,10,13H2,1H3. The normalized spacial score (nSPS) is 18.2. The Balaban J connectivity index is 1.62. The largest absolute Gasteiger partial charge is 0.360 e. The molecular weight excluding hydrogens is 300 g/mol. The van der Waals surface area contributed by atoms with Gasteiger partial charge in [-0.15, -0.1) is 0 Å². The molecule has 3 aromatic rings. The molecule has 124 valence electrons. The third-order valence-electron chi connectivity index (χ3n) is 5.00. The molecule has 2 aromatic heterocycles. The summed E-state index contributed by atoms with van der Waals surface area (Å²) in [5.41, 5.74) is 3.12. The highest BCUT2D eigenvalue weighted by molar-refractivity contribution is 6.07. The van der Waals surface area contributed by atoms with Gasteiger partial charge in [0.15, 0.2) is 0 Å². The zero-order chi connectivity index (χ0) is 16.5. The molecule has 0 spiro atoms. The van der Waals surface area contributed by atoms with Crippen LogP contribution in [-0.4, -0.2) is 38.7 Å². The first-order valence-electron chi connectivity index (χ1n) is 8.65. The lowest BCUT2D eigenvalue weighted by molar-refractivity contribution is 0.0675. The lowest BCUT2D eigenvalue weighted by Gasteiger charge is -2.32. The maximum absolute atomic E-state index is 13.1. The Morgan fingerprint density at radius 1 is 1.38 bits per heavy atom. The van der Waals surface area contributed by atoms with Crippen molar-refractivity contribution in [2.75, 3.05) is 13.1 Å². The second-order valence-corrected chi connectivity index (χ2v) is 6.43. The van der Waals surface area contributed by atoms with Crippen molar-refractivity contribution in [2.24, 2.45) is 0 Å². The van der Waals surface area contributed by atoms with Crippen LogP contribution >= 0.6 is 0 Å². The Labute approximate surface area is 141 Å². The number of hydrogen-bond donors (Lipinski definition) is 1. The lowest BCUT2D eigenvalue weighted by Crippen LogP contribution is -2.40. The summed E-state index contributed by atoms with van der Waals surface area (Å²) in [5, 5.41) is 5.37. The zero-order valence-corrected chi connectivity index (χ0v) is 13.9. The van der Waals surface area contributed by atoms with E-state index >= 15 is 0 Å². The van der Waals surface area contributed by atoms with Gasteiger partial charge in [0.25, 0.3) is 5.91 Å². The molecule has 1 aromatic carbocycles. The van der Waals surface area contributed by atoms with Crippen molar-refractivity contribution >= 4 is 16.8 Å². The number of amides is 1. The van der Waals surface area contributed by atoms with Gasteiger partial charge < -0.3 is 9.88 Å². The summed E-state index contributed by atoms with van der Waals surface area (Å²) in [4.78, 5) is 18.3. The molecular formula is C19H22N4O. The third kappa shape index (κ3) is 2.50. The van der Waals surface area contributed by atoms with E-state index in [1.807, 2.05) is 40.2 Å². The van der Waals surface area contributed by atoms with Crippen LogP contribution in [0.2, 0.25) is 0 Å². The number of hydrogen-bond acceptors (Lipinski definition) is 2. The maximum atomic E-state index is 13.1. The van der Waals surface area contributed by atoms with Crippen LogP contribution in [0.5, 0.6) is 0 Å². The van der Waals surface area contributed by atoms with Gasteiger partial charge in [0.1, 0.15) is 0 Å². The topological polar surface area (TPSA) is 53.9 Å². The first-order chi connectivity index (χ1) is 11.8. The van der Waals surface area contributed by atoms with Gasteiger partial charge in [0.2, 0.25) is 0 Å². The molecule has 1 amide bonds. The van der Waals surface area contributed by atoms with Gasteiger partial charge >= 0.3 is 0 Å². The molecule has 1 aliphatic rings. The number of aryl methyl sites for hydroxylation is 1. The van der Waals surface area contributed by atoms with Gasteiger partial charge in [-0.25, -0.2) is 0 Å². The number of para-hydroxylation sites is 1. The number of rotatable bonds is 3. The van der Waals surface area contributed by atoms with Crippen molar-refractivity contribution < 1.29 is 4.79 Å². The third-order valence-corrected chi connectivity index (χ3v) is 5.00. The average Bonchev–Trinajstić information content (AvgIpc) is 3.30. The number of fused-ring (bicyclic) bond motifs is 1. The fourth-order valence-corrected chi connectivity index (χ4v) is 3.71. The van der Waals surface area contributed by atoms with E-state index in [0.29, 0.717) is 0 Å². The SMILES string of the molecule is CCc1cccc2c(C(=O)N3CCCC(n4cccn4)C3)c[nH]c12. The molecule has 0 radical (unpaired) electrons. The maximum Gasteiger partial charge on any atom is 0.256 e. The summed E-state index contributed by atoms with van der Waals surface area (Å²) in [5.74, 6) is 0.117. The molecule has 1 saturated heterocycles. The van der Waals surface area contributed by atoms with E-state index in [2.05, 4.69) is 23.1 Å². The number of likely N-dealkylation sites (tertiary alicyclic amines) is 1. The van der Waals surface area contributed by atoms with Crippen molar-refractivity contribution in [1.82, 2.24) is 19.7 Å². The number of nitrogens with zero attached hydrogens (tertiary/aromatic N) is 3. The van der Waals surface area contributed by atoms with Gasteiger partial charge in [0.05, 0.1) is 11.6 Å². The van der Waals surface area contributed by atoms with E-state index in [9.17, 15) is 4.79 Å².